The van der Waals surface area contributed by atoms with E-state index in [0.29, 0.717) is 16.9 Å². The smallest absolute Gasteiger partial charge is 0.258 e. The van der Waals surface area contributed by atoms with Gasteiger partial charge in [-0.3, -0.25) is 4.79 Å². The Morgan fingerprint density at radius 1 is 1.50 bits per heavy atom. The summed E-state index contributed by atoms with van der Waals surface area (Å²) in [5.74, 6) is -0.321. The van der Waals surface area contributed by atoms with Crippen LogP contribution in [0, 0.1) is 11.7 Å². The molecule has 0 aliphatic rings. The Kier molecular flexibility index (Phi) is 6.95. The van der Waals surface area contributed by atoms with Gasteiger partial charge in [0.2, 0.25) is 0 Å². The highest BCUT2D eigenvalue weighted by molar-refractivity contribution is 9.10. The van der Waals surface area contributed by atoms with Crippen molar-refractivity contribution in [3.8, 4) is 5.75 Å². The van der Waals surface area contributed by atoms with Gasteiger partial charge in [0, 0.05) is 17.1 Å². The number of carbonyl (C=O) groups excluding carboxylic acids is 1. The van der Waals surface area contributed by atoms with E-state index in [-0.39, 0.29) is 24.3 Å². The van der Waals surface area contributed by atoms with E-state index >= 15 is 0 Å². The number of benzene rings is 1. The van der Waals surface area contributed by atoms with Crippen molar-refractivity contribution in [2.24, 2.45) is 11.7 Å². The molecule has 0 fully saturated rings. The lowest BCUT2D eigenvalue weighted by Crippen LogP contribution is -2.43. The maximum Gasteiger partial charge on any atom is 0.258 e. The topological polar surface area (TPSA) is 64.3 Å². The van der Waals surface area contributed by atoms with Crippen molar-refractivity contribution >= 4 is 21.8 Å². The van der Waals surface area contributed by atoms with Gasteiger partial charge in [0.15, 0.2) is 18.2 Å². The molecule has 112 valence electrons. The van der Waals surface area contributed by atoms with Crippen LogP contribution < -0.4 is 15.8 Å². The van der Waals surface area contributed by atoms with Gasteiger partial charge in [-0.05, 0) is 30.5 Å². The summed E-state index contributed by atoms with van der Waals surface area (Å²) >= 11 is 3.15. The van der Waals surface area contributed by atoms with E-state index in [2.05, 4.69) is 35.1 Å². The zero-order chi connectivity index (χ0) is 15.1. The van der Waals surface area contributed by atoms with E-state index in [4.69, 9.17) is 10.5 Å². The third-order valence-corrected chi connectivity index (χ3v) is 3.15. The summed E-state index contributed by atoms with van der Waals surface area (Å²) in [4.78, 5) is 11.7. The van der Waals surface area contributed by atoms with Gasteiger partial charge in [-0.15, -0.1) is 0 Å². The van der Waals surface area contributed by atoms with Crippen LogP contribution in [0.3, 0.4) is 0 Å². The van der Waals surface area contributed by atoms with Crippen LogP contribution >= 0.6 is 15.9 Å². The molecule has 1 unspecified atom stereocenters. The van der Waals surface area contributed by atoms with Crippen LogP contribution in [0.2, 0.25) is 0 Å². The fraction of sp³-hybridized carbons (Fsp3) is 0.500. The number of amides is 1. The van der Waals surface area contributed by atoms with Crippen molar-refractivity contribution in [1.29, 1.82) is 0 Å². The molecule has 0 aliphatic carbocycles. The van der Waals surface area contributed by atoms with Gasteiger partial charge >= 0.3 is 0 Å². The molecule has 0 saturated heterocycles. The van der Waals surface area contributed by atoms with Gasteiger partial charge < -0.3 is 15.8 Å². The molecule has 1 aromatic carbocycles. The fourth-order valence-electron chi connectivity index (χ4n) is 1.79. The highest BCUT2D eigenvalue weighted by Crippen LogP contribution is 2.21. The predicted molar refractivity (Wildman–Crippen MR) is 80.0 cm³/mol. The Bertz CT molecular complexity index is 455. The zero-order valence-corrected chi connectivity index (χ0v) is 13.2. The minimum absolute atomic E-state index is 0.0523. The lowest BCUT2D eigenvalue weighted by molar-refractivity contribution is -0.123. The molecular formula is C14H20BrFN2O2. The van der Waals surface area contributed by atoms with Crippen LogP contribution in [-0.4, -0.2) is 25.1 Å². The average Bonchev–Trinajstić information content (AvgIpc) is 2.36. The number of hydrogen-bond donors (Lipinski definition) is 2. The van der Waals surface area contributed by atoms with Crippen LogP contribution in [0.1, 0.15) is 20.3 Å². The molecule has 1 atom stereocenters. The van der Waals surface area contributed by atoms with Crippen molar-refractivity contribution in [3.05, 3.63) is 28.5 Å². The lowest BCUT2D eigenvalue weighted by atomic mass is 10.0. The molecule has 0 aromatic heterocycles. The number of nitrogens with two attached hydrogens (primary N) is 1. The van der Waals surface area contributed by atoms with E-state index in [1.807, 2.05) is 0 Å². The van der Waals surface area contributed by atoms with Crippen molar-refractivity contribution < 1.29 is 13.9 Å². The number of halogens is 2. The molecule has 6 heteroatoms. The largest absolute Gasteiger partial charge is 0.481 e. The summed E-state index contributed by atoms with van der Waals surface area (Å²) in [6, 6.07) is 4.33. The molecule has 0 bridgehead atoms. The van der Waals surface area contributed by atoms with Crippen LogP contribution in [0.15, 0.2) is 22.7 Å². The first-order chi connectivity index (χ1) is 9.42. The van der Waals surface area contributed by atoms with Crippen LogP contribution in [0.25, 0.3) is 0 Å². The third kappa shape index (κ3) is 5.88. The lowest BCUT2D eigenvalue weighted by Gasteiger charge is -2.18. The standard InChI is InChI=1S/C14H20BrFN2O2/c1-9(2)5-11(7-17)18-14(19)8-20-13-4-3-10(15)6-12(13)16/h3-4,6,9,11H,5,7-8,17H2,1-2H3,(H,18,19). The number of carbonyl (C=O) groups is 1. The Morgan fingerprint density at radius 2 is 2.20 bits per heavy atom. The highest BCUT2D eigenvalue weighted by atomic mass is 79.9. The van der Waals surface area contributed by atoms with E-state index in [9.17, 15) is 9.18 Å². The monoisotopic (exact) mass is 346 g/mol. The molecule has 3 N–H and O–H groups in total. The first-order valence-electron chi connectivity index (χ1n) is 6.49. The van der Waals surface area contributed by atoms with Gasteiger partial charge in [0.1, 0.15) is 0 Å². The molecule has 1 amide bonds. The van der Waals surface area contributed by atoms with Gasteiger partial charge in [-0.25, -0.2) is 4.39 Å². The molecule has 0 spiro atoms. The predicted octanol–water partition coefficient (Wildman–Crippen LogP) is 2.46. The molecule has 0 aliphatic heterocycles. The van der Waals surface area contributed by atoms with Crippen molar-refractivity contribution in [2.75, 3.05) is 13.2 Å². The van der Waals surface area contributed by atoms with E-state index < -0.39 is 5.82 Å². The molecule has 20 heavy (non-hydrogen) atoms. The number of rotatable bonds is 7. The van der Waals surface area contributed by atoms with Crippen LogP contribution in [-0.2, 0) is 4.79 Å². The van der Waals surface area contributed by atoms with Gasteiger partial charge in [-0.2, -0.15) is 0 Å². The minimum Gasteiger partial charge on any atom is -0.481 e. The summed E-state index contributed by atoms with van der Waals surface area (Å²) in [5.41, 5.74) is 5.60. The second-order valence-corrected chi connectivity index (χ2v) is 5.91. The molecular weight excluding hydrogens is 327 g/mol. The summed E-state index contributed by atoms with van der Waals surface area (Å²) in [6.07, 6.45) is 0.800. The van der Waals surface area contributed by atoms with Gasteiger partial charge in [0.25, 0.3) is 5.91 Å². The molecule has 0 heterocycles. The molecule has 1 aromatic rings. The minimum atomic E-state index is -0.510. The highest BCUT2D eigenvalue weighted by Gasteiger charge is 2.13. The van der Waals surface area contributed by atoms with Crippen molar-refractivity contribution in [3.63, 3.8) is 0 Å². The third-order valence-electron chi connectivity index (χ3n) is 2.66. The van der Waals surface area contributed by atoms with Crippen LogP contribution in [0.5, 0.6) is 5.75 Å². The summed E-state index contributed by atoms with van der Waals surface area (Å²) in [7, 11) is 0. The fourth-order valence-corrected chi connectivity index (χ4v) is 2.12. The molecule has 4 nitrogen and oxygen atoms in total. The normalized spacial score (nSPS) is 12.3. The van der Waals surface area contributed by atoms with Crippen molar-refractivity contribution in [2.45, 2.75) is 26.3 Å². The van der Waals surface area contributed by atoms with Gasteiger partial charge in [0.05, 0.1) is 0 Å². The maximum atomic E-state index is 13.5. The Balaban J connectivity index is 2.46. The Labute approximate surface area is 127 Å². The molecule has 0 radical (unpaired) electrons. The Hall–Kier alpha value is -1.14. The molecule has 1 rings (SSSR count). The van der Waals surface area contributed by atoms with E-state index in [0.717, 1.165) is 6.42 Å². The number of ether oxygens (including phenoxy) is 1. The summed E-state index contributed by atoms with van der Waals surface area (Å²) < 4.78 is 19.3. The summed E-state index contributed by atoms with van der Waals surface area (Å²) in [6.45, 7) is 4.26. The second-order valence-electron chi connectivity index (χ2n) is 4.99. The zero-order valence-electron chi connectivity index (χ0n) is 11.7. The Morgan fingerprint density at radius 3 is 2.75 bits per heavy atom. The number of nitrogens with one attached hydrogen (secondary N) is 1. The van der Waals surface area contributed by atoms with Crippen molar-refractivity contribution in [1.82, 2.24) is 5.32 Å². The maximum absolute atomic E-state index is 13.5. The van der Waals surface area contributed by atoms with E-state index in [1.165, 1.54) is 12.1 Å². The van der Waals surface area contributed by atoms with Crippen LogP contribution in [0.4, 0.5) is 4.39 Å². The summed E-state index contributed by atoms with van der Waals surface area (Å²) in [5, 5.41) is 2.78. The molecule has 0 saturated carbocycles. The number of hydrogen-bond acceptors (Lipinski definition) is 3. The second kappa shape index (κ2) is 8.21. The quantitative estimate of drug-likeness (QED) is 0.796. The first kappa shape index (κ1) is 16.9. The van der Waals surface area contributed by atoms with E-state index in [1.54, 1.807) is 6.07 Å². The SMILES string of the molecule is CC(C)CC(CN)NC(=O)COc1ccc(Br)cc1F. The van der Waals surface area contributed by atoms with Gasteiger partial charge in [-0.1, -0.05) is 29.8 Å². The first-order valence-corrected chi connectivity index (χ1v) is 7.29. The average molecular weight is 347 g/mol.